The van der Waals surface area contributed by atoms with Gasteiger partial charge in [0.1, 0.15) is 0 Å². The van der Waals surface area contributed by atoms with Crippen molar-refractivity contribution in [3.8, 4) is 0 Å². The van der Waals surface area contributed by atoms with E-state index in [4.69, 9.17) is 0 Å². The van der Waals surface area contributed by atoms with Crippen molar-refractivity contribution in [2.75, 3.05) is 0 Å². The molecule has 0 saturated carbocycles. The summed E-state index contributed by atoms with van der Waals surface area (Å²) in [6.45, 7) is 18.3. The number of rotatable bonds is 2. The van der Waals surface area contributed by atoms with Gasteiger partial charge in [-0.25, -0.2) is 27.7 Å². The molecule has 0 spiro atoms. The molecule has 1 N–H and O–H groups in total. The van der Waals surface area contributed by atoms with Crippen LogP contribution in [-0.2, 0) is 17.1 Å². The molecule has 0 aromatic heterocycles. The first-order chi connectivity index (χ1) is 10.6. The first-order valence-corrected chi connectivity index (χ1v) is 8.15. The summed E-state index contributed by atoms with van der Waals surface area (Å²) < 4.78 is 0. The van der Waals surface area contributed by atoms with E-state index in [1.807, 2.05) is 20.8 Å². The molecule has 3 heteroatoms. The van der Waals surface area contributed by atoms with Crippen molar-refractivity contribution in [1.82, 2.24) is 0 Å². The summed E-state index contributed by atoms with van der Waals surface area (Å²) in [5.41, 5.74) is 11.9. The van der Waals surface area contributed by atoms with Crippen molar-refractivity contribution in [2.45, 2.75) is 68.4 Å². The number of aldehydes is 1. The molecule has 2 rings (SSSR count). The standard InChI is InChI=1S/C11H17O.C10H13O.Fe/c1-6-7(2)9(4)11(8(6)3)10(5)12;1-6-7(2)9(4)10(5-11)8(6)3;/h10,12H,1-5H3;5H,1-4H3;/q-1;-5;. The van der Waals surface area contributed by atoms with Gasteiger partial charge in [0, 0.05) is 23.2 Å². The molecule has 2 aromatic carbocycles. The molecule has 140 valence electrons. The summed E-state index contributed by atoms with van der Waals surface area (Å²) in [6, 6.07) is 0. The third-order valence-electron chi connectivity index (χ3n) is 5.53. The van der Waals surface area contributed by atoms with Crippen LogP contribution in [0.15, 0.2) is 0 Å². The molecule has 0 amide bonds. The SMILES string of the molecule is C[c-]1[c-](C)[c-](C)[c-](C=O)[c-]1C.Cc1c(C)c(C)[c-](C(C)O)c1C.[Fe]. The van der Waals surface area contributed by atoms with Crippen LogP contribution in [0.4, 0.5) is 0 Å². The van der Waals surface area contributed by atoms with E-state index in [-0.39, 0.29) is 23.2 Å². The van der Waals surface area contributed by atoms with Crippen LogP contribution in [0.1, 0.15) is 73.5 Å². The number of carbonyl (C=O) groups is 1. The Hall–Kier alpha value is -1.15. The van der Waals surface area contributed by atoms with Crippen molar-refractivity contribution in [1.29, 1.82) is 0 Å². The van der Waals surface area contributed by atoms with Gasteiger partial charge in [0.05, 0.1) is 0 Å². The summed E-state index contributed by atoms with van der Waals surface area (Å²) in [4.78, 5) is 10.6. The van der Waals surface area contributed by atoms with Gasteiger partial charge in [-0.2, -0.15) is 22.3 Å². The zero-order valence-corrected chi connectivity index (χ0v) is 17.5. The summed E-state index contributed by atoms with van der Waals surface area (Å²) in [5.74, 6) is 0. The molecule has 0 aliphatic heterocycles. The van der Waals surface area contributed by atoms with E-state index in [9.17, 15) is 9.90 Å². The van der Waals surface area contributed by atoms with E-state index in [1.54, 1.807) is 0 Å². The number of hydrogen-bond donors (Lipinski definition) is 1. The van der Waals surface area contributed by atoms with Gasteiger partial charge in [0.15, 0.2) is 0 Å². The average molecular weight is 370 g/mol. The summed E-state index contributed by atoms with van der Waals surface area (Å²) >= 11 is 0. The van der Waals surface area contributed by atoms with Crippen LogP contribution in [-0.4, -0.2) is 11.4 Å². The first kappa shape index (κ1) is 22.8. The number of aliphatic hydroxyl groups is 1. The molecule has 0 radical (unpaired) electrons. The van der Waals surface area contributed by atoms with E-state index in [2.05, 4.69) is 41.5 Å². The fraction of sp³-hybridized carbons (Fsp3) is 0.476. The second kappa shape index (κ2) is 8.80. The third-order valence-corrected chi connectivity index (χ3v) is 5.53. The zero-order chi connectivity index (χ0) is 18.1. The summed E-state index contributed by atoms with van der Waals surface area (Å²) in [7, 11) is 0. The smallest absolute Gasteiger partial charge is 0.0327 e. The van der Waals surface area contributed by atoms with Crippen molar-refractivity contribution in [3.05, 3.63) is 55.6 Å². The van der Waals surface area contributed by atoms with E-state index >= 15 is 0 Å². The molecule has 24 heavy (non-hydrogen) atoms. The Labute approximate surface area is 157 Å². The Morgan fingerprint density at radius 2 is 1.17 bits per heavy atom. The molecule has 1 atom stereocenters. The molecule has 0 saturated heterocycles. The van der Waals surface area contributed by atoms with Crippen LogP contribution in [0, 0.1) is 55.4 Å². The monoisotopic (exact) mass is 370 g/mol. The molecule has 1 unspecified atom stereocenters. The normalized spacial score (nSPS) is 11.4. The molecule has 0 fully saturated rings. The van der Waals surface area contributed by atoms with Crippen LogP contribution in [0.3, 0.4) is 0 Å². The van der Waals surface area contributed by atoms with Crippen molar-refractivity contribution < 1.29 is 27.0 Å². The maximum atomic E-state index is 10.6. The van der Waals surface area contributed by atoms with Crippen LogP contribution in [0.2, 0.25) is 0 Å². The van der Waals surface area contributed by atoms with Crippen LogP contribution in [0.5, 0.6) is 0 Å². The van der Waals surface area contributed by atoms with Crippen molar-refractivity contribution >= 4 is 6.29 Å². The fourth-order valence-corrected chi connectivity index (χ4v) is 3.30. The topological polar surface area (TPSA) is 37.3 Å². The van der Waals surface area contributed by atoms with Gasteiger partial charge in [-0.3, -0.25) is 0 Å². The van der Waals surface area contributed by atoms with Gasteiger partial charge in [0.25, 0.3) is 0 Å². The van der Waals surface area contributed by atoms with Gasteiger partial charge < -0.3 is 37.7 Å². The van der Waals surface area contributed by atoms with E-state index in [0.29, 0.717) is 0 Å². The molecule has 0 bridgehead atoms. The second-order valence-electron chi connectivity index (χ2n) is 6.62. The summed E-state index contributed by atoms with van der Waals surface area (Å²) in [6.07, 6.45) is 0.613. The average Bonchev–Trinajstić information content (AvgIpc) is 2.80. The molecular weight excluding hydrogens is 340 g/mol. The van der Waals surface area contributed by atoms with Gasteiger partial charge in [-0.05, 0) is 6.92 Å². The summed E-state index contributed by atoms with van der Waals surface area (Å²) in [5, 5.41) is 9.52. The van der Waals surface area contributed by atoms with E-state index in [0.717, 1.165) is 28.5 Å². The molecular formula is C21H30FeO2-6. The Morgan fingerprint density at radius 3 is 1.33 bits per heavy atom. The van der Waals surface area contributed by atoms with E-state index < -0.39 is 0 Å². The second-order valence-corrected chi connectivity index (χ2v) is 6.62. The van der Waals surface area contributed by atoms with Crippen LogP contribution in [0.25, 0.3) is 0 Å². The quantitative estimate of drug-likeness (QED) is 0.451. The molecule has 2 aromatic rings. The van der Waals surface area contributed by atoms with Crippen molar-refractivity contribution in [3.63, 3.8) is 0 Å². The minimum Gasteiger partial charge on any atom is -0.731 e. The Bertz CT molecular complexity index is 664. The number of aliphatic hydroxyl groups excluding tert-OH is 1. The Kier molecular flexibility index (Phi) is 8.38. The number of hydrogen-bond acceptors (Lipinski definition) is 2. The van der Waals surface area contributed by atoms with Gasteiger partial charge in [-0.15, -0.1) is 5.56 Å². The van der Waals surface area contributed by atoms with Crippen molar-refractivity contribution in [2.24, 2.45) is 0 Å². The minimum absolute atomic E-state index is 0. The Morgan fingerprint density at radius 1 is 0.833 bits per heavy atom. The maximum absolute atomic E-state index is 10.6. The fourth-order valence-electron chi connectivity index (χ4n) is 3.30. The first-order valence-electron chi connectivity index (χ1n) is 8.15. The van der Waals surface area contributed by atoms with Gasteiger partial charge >= 0.3 is 0 Å². The molecule has 0 aliphatic carbocycles. The van der Waals surface area contributed by atoms with Crippen LogP contribution < -0.4 is 0 Å². The maximum Gasteiger partial charge on any atom is 0.0327 e. The Balaban J connectivity index is 0.000000425. The predicted octanol–water partition coefficient (Wildman–Crippen LogP) is 5.14. The van der Waals surface area contributed by atoms with Gasteiger partial charge in [0.2, 0.25) is 0 Å². The third kappa shape index (κ3) is 4.08. The predicted molar refractivity (Wildman–Crippen MR) is 98.0 cm³/mol. The zero-order valence-electron chi connectivity index (χ0n) is 16.4. The van der Waals surface area contributed by atoms with Gasteiger partial charge in [-0.1, -0.05) is 34.0 Å². The van der Waals surface area contributed by atoms with Crippen LogP contribution >= 0.6 is 0 Å². The molecule has 2 nitrogen and oxygen atoms in total. The molecule has 0 aliphatic rings. The van der Waals surface area contributed by atoms with E-state index in [1.165, 1.54) is 33.4 Å². The minimum atomic E-state index is -0.336. The number of carbonyl (C=O) groups excluding carboxylic acids is 1. The molecule has 0 heterocycles. The largest absolute Gasteiger partial charge is 0.731 e.